The zero-order valence-electron chi connectivity index (χ0n) is 16.0. The number of para-hydroxylation sites is 1. The van der Waals surface area contributed by atoms with Gasteiger partial charge in [-0.3, -0.25) is 9.69 Å². The summed E-state index contributed by atoms with van der Waals surface area (Å²) in [4.78, 5) is 26.3. The molecule has 1 fully saturated rings. The molecule has 5 nitrogen and oxygen atoms in total. The van der Waals surface area contributed by atoms with Crippen molar-refractivity contribution in [1.82, 2.24) is 10.2 Å². The molecule has 6 heteroatoms. The van der Waals surface area contributed by atoms with E-state index in [0.717, 1.165) is 11.1 Å². The first kappa shape index (κ1) is 19.7. The predicted molar refractivity (Wildman–Crippen MR) is 116 cm³/mol. The van der Waals surface area contributed by atoms with E-state index in [1.807, 2.05) is 54.6 Å². The van der Waals surface area contributed by atoms with Crippen LogP contribution in [0.2, 0.25) is 5.02 Å². The molecular formula is C24H19ClN2O3. The summed E-state index contributed by atoms with van der Waals surface area (Å²) in [7, 11) is 0. The molecule has 30 heavy (non-hydrogen) atoms. The number of carbonyl (C=O) groups excluding carboxylic acids is 2. The average molecular weight is 419 g/mol. The molecule has 3 aromatic rings. The molecule has 0 radical (unpaired) electrons. The topological polar surface area (TPSA) is 58.6 Å². The highest BCUT2D eigenvalue weighted by Crippen LogP contribution is 2.24. The molecule has 0 spiro atoms. The summed E-state index contributed by atoms with van der Waals surface area (Å²) in [6.45, 7) is 0.579. The quantitative estimate of drug-likeness (QED) is 0.452. The van der Waals surface area contributed by atoms with Gasteiger partial charge in [-0.2, -0.15) is 0 Å². The van der Waals surface area contributed by atoms with Crippen LogP contribution in [-0.2, 0) is 17.9 Å². The number of urea groups is 1. The van der Waals surface area contributed by atoms with E-state index in [4.69, 9.17) is 16.3 Å². The van der Waals surface area contributed by atoms with E-state index < -0.39 is 6.03 Å². The molecule has 0 unspecified atom stereocenters. The highest BCUT2D eigenvalue weighted by Gasteiger charge is 2.33. The maximum absolute atomic E-state index is 12.8. The smallest absolute Gasteiger partial charge is 0.329 e. The van der Waals surface area contributed by atoms with E-state index in [2.05, 4.69) is 5.32 Å². The van der Waals surface area contributed by atoms with Gasteiger partial charge in [-0.1, -0.05) is 72.3 Å². The first-order valence-corrected chi connectivity index (χ1v) is 9.83. The molecule has 0 aliphatic carbocycles. The van der Waals surface area contributed by atoms with E-state index in [0.29, 0.717) is 22.9 Å². The van der Waals surface area contributed by atoms with Gasteiger partial charge in [0.15, 0.2) is 0 Å². The van der Waals surface area contributed by atoms with Gasteiger partial charge in [0.05, 0.1) is 6.54 Å². The molecule has 0 atom stereocenters. The molecule has 3 amide bonds. The molecule has 0 bridgehead atoms. The third kappa shape index (κ3) is 4.53. The lowest BCUT2D eigenvalue weighted by Gasteiger charge is -2.12. The van der Waals surface area contributed by atoms with Crippen molar-refractivity contribution in [2.24, 2.45) is 0 Å². The van der Waals surface area contributed by atoms with Gasteiger partial charge < -0.3 is 10.1 Å². The number of ether oxygens (including phenoxy) is 1. The standard InChI is InChI=1S/C24H19ClN2O3/c25-20-12-10-17(11-13-20)15-27-23(28)21(26-24(27)29)14-19-8-4-5-9-22(19)30-16-18-6-2-1-3-7-18/h1-14H,15-16H2,(H,26,29)/b21-14+. The van der Waals surface area contributed by atoms with Crippen LogP contribution in [0.25, 0.3) is 6.08 Å². The molecule has 150 valence electrons. The fourth-order valence-corrected chi connectivity index (χ4v) is 3.24. The molecular weight excluding hydrogens is 400 g/mol. The van der Waals surface area contributed by atoms with Crippen LogP contribution in [0.5, 0.6) is 5.75 Å². The fraction of sp³-hybridized carbons (Fsp3) is 0.0833. The van der Waals surface area contributed by atoms with Gasteiger partial charge in [-0.15, -0.1) is 0 Å². The Morgan fingerprint density at radius 1 is 0.867 bits per heavy atom. The first-order chi connectivity index (χ1) is 14.6. The third-order valence-corrected chi connectivity index (χ3v) is 4.92. The lowest BCUT2D eigenvalue weighted by molar-refractivity contribution is -0.123. The second kappa shape index (κ2) is 8.84. The van der Waals surface area contributed by atoms with Gasteiger partial charge in [0.2, 0.25) is 0 Å². The van der Waals surface area contributed by atoms with Gasteiger partial charge in [-0.25, -0.2) is 4.79 Å². The number of halogens is 1. The molecule has 1 heterocycles. The maximum Gasteiger partial charge on any atom is 0.329 e. The first-order valence-electron chi connectivity index (χ1n) is 9.45. The monoisotopic (exact) mass is 418 g/mol. The van der Waals surface area contributed by atoms with Crippen molar-refractivity contribution in [2.45, 2.75) is 13.2 Å². The maximum atomic E-state index is 12.8. The Balaban J connectivity index is 1.51. The zero-order valence-corrected chi connectivity index (χ0v) is 16.8. The van der Waals surface area contributed by atoms with Crippen molar-refractivity contribution >= 4 is 29.6 Å². The second-order valence-electron chi connectivity index (χ2n) is 6.82. The summed E-state index contributed by atoms with van der Waals surface area (Å²) in [6, 6.07) is 23.8. The molecule has 1 N–H and O–H groups in total. The molecule has 1 saturated heterocycles. The fourth-order valence-electron chi connectivity index (χ4n) is 3.11. The minimum Gasteiger partial charge on any atom is -0.488 e. The van der Waals surface area contributed by atoms with Crippen molar-refractivity contribution in [3.63, 3.8) is 0 Å². The number of rotatable bonds is 6. The lowest BCUT2D eigenvalue weighted by Crippen LogP contribution is -2.30. The van der Waals surface area contributed by atoms with Gasteiger partial charge >= 0.3 is 6.03 Å². The van der Waals surface area contributed by atoms with Crippen LogP contribution in [0.3, 0.4) is 0 Å². The van der Waals surface area contributed by atoms with Crippen LogP contribution in [0.1, 0.15) is 16.7 Å². The number of hydrogen-bond acceptors (Lipinski definition) is 3. The second-order valence-corrected chi connectivity index (χ2v) is 7.25. The van der Waals surface area contributed by atoms with Gasteiger partial charge in [-0.05, 0) is 35.4 Å². The summed E-state index contributed by atoms with van der Waals surface area (Å²) in [5.41, 5.74) is 2.78. The number of imide groups is 1. The average Bonchev–Trinajstić information content (AvgIpc) is 3.03. The molecule has 3 aromatic carbocycles. The Hall–Kier alpha value is -3.57. The van der Waals surface area contributed by atoms with E-state index in [1.165, 1.54) is 4.90 Å². The Morgan fingerprint density at radius 3 is 2.33 bits per heavy atom. The minimum atomic E-state index is -0.455. The summed E-state index contributed by atoms with van der Waals surface area (Å²) < 4.78 is 5.93. The van der Waals surface area contributed by atoms with Crippen LogP contribution in [-0.4, -0.2) is 16.8 Å². The predicted octanol–water partition coefficient (Wildman–Crippen LogP) is 5.01. The van der Waals surface area contributed by atoms with E-state index in [9.17, 15) is 9.59 Å². The number of hydrogen-bond donors (Lipinski definition) is 1. The molecule has 1 aliphatic rings. The normalized spacial score (nSPS) is 14.8. The van der Waals surface area contributed by atoms with Crippen molar-refractivity contribution in [3.05, 3.63) is 106 Å². The van der Waals surface area contributed by atoms with Crippen LogP contribution in [0.15, 0.2) is 84.6 Å². The Morgan fingerprint density at radius 2 is 1.57 bits per heavy atom. The zero-order chi connectivity index (χ0) is 20.9. The molecule has 0 aromatic heterocycles. The Labute approximate surface area is 179 Å². The summed E-state index contributed by atoms with van der Waals surface area (Å²) in [5.74, 6) is 0.250. The SMILES string of the molecule is O=C1N/C(=C/c2ccccc2OCc2ccccc2)C(=O)N1Cc1ccc(Cl)cc1. The van der Waals surface area contributed by atoms with Gasteiger partial charge in [0.25, 0.3) is 5.91 Å². The van der Waals surface area contributed by atoms with Crippen LogP contribution >= 0.6 is 11.6 Å². The Kier molecular flexibility index (Phi) is 5.82. The number of nitrogens with one attached hydrogen (secondary N) is 1. The Bertz CT molecular complexity index is 1090. The van der Waals surface area contributed by atoms with Crippen LogP contribution in [0.4, 0.5) is 4.79 Å². The largest absolute Gasteiger partial charge is 0.488 e. The van der Waals surface area contributed by atoms with Crippen LogP contribution < -0.4 is 10.1 Å². The molecule has 0 saturated carbocycles. The third-order valence-electron chi connectivity index (χ3n) is 4.67. The molecule has 1 aliphatic heterocycles. The number of benzene rings is 3. The summed E-state index contributed by atoms with van der Waals surface area (Å²) in [6.07, 6.45) is 1.64. The van der Waals surface area contributed by atoms with Crippen molar-refractivity contribution in [2.75, 3.05) is 0 Å². The van der Waals surface area contributed by atoms with E-state index >= 15 is 0 Å². The van der Waals surface area contributed by atoms with E-state index in [-0.39, 0.29) is 18.1 Å². The van der Waals surface area contributed by atoms with Crippen LogP contribution in [0, 0.1) is 0 Å². The summed E-state index contributed by atoms with van der Waals surface area (Å²) >= 11 is 5.90. The van der Waals surface area contributed by atoms with E-state index in [1.54, 1.807) is 30.3 Å². The highest BCUT2D eigenvalue weighted by atomic mass is 35.5. The van der Waals surface area contributed by atoms with Crippen molar-refractivity contribution in [1.29, 1.82) is 0 Å². The molecule has 4 rings (SSSR count). The number of amides is 3. The summed E-state index contributed by atoms with van der Waals surface area (Å²) in [5, 5.41) is 3.25. The van der Waals surface area contributed by atoms with Gasteiger partial charge in [0, 0.05) is 10.6 Å². The van der Waals surface area contributed by atoms with Crippen molar-refractivity contribution in [3.8, 4) is 5.75 Å². The minimum absolute atomic E-state index is 0.172. The lowest BCUT2D eigenvalue weighted by atomic mass is 10.1. The van der Waals surface area contributed by atoms with Gasteiger partial charge in [0.1, 0.15) is 18.1 Å². The van der Waals surface area contributed by atoms with Crippen molar-refractivity contribution < 1.29 is 14.3 Å². The number of nitrogens with zero attached hydrogens (tertiary/aromatic N) is 1. The highest BCUT2D eigenvalue weighted by molar-refractivity contribution is 6.30. The number of carbonyl (C=O) groups is 2.